The first kappa shape index (κ1) is 18.6. The number of ether oxygens (including phenoxy) is 1. The Morgan fingerprint density at radius 2 is 1.69 bits per heavy atom. The van der Waals surface area contributed by atoms with Crippen LogP contribution in [0.15, 0.2) is 36.4 Å². The maximum atomic E-state index is 5.38. The minimum atomic E-state index is 0.784. The third-order valence-corrected chi connectivity index (χ3v) is 4.47. The van der Waals surface area contributed by atoms with E-state index < -0.39 is 0 Å². The molecule has 0 spiro atoms. The number of nitrogens with zero attached hydrogens (tertiary/aromatic N) is 3. The van der Waals surface area contributed by atoms with Crippen molar-refractivity contribution < 1.29 is 4.74 Å². The number of benzene rings is 1. The van der Waals surface area contributed by atoms with Crippen molar-refractivity contribution in [3.8, 4) is 0 Å². The monoisotopic (exact) mass is 355 g/mol. The Morgan fingerprint density at radius 3 is 2.42 bits per heavy atom. The van der Waals surface area contributed by atoms with E-state index in [1.807, 2.05) is 13.0 Å². The smallest absolute Gasteiger partial charge is 0.131 e. The van der Waals surface area contributed by atoms with E-state index in [1.54, 1.807) is 0 Å². The van der Waals surface area contributed by atoms with Crippen molar-refractivity contribution in [3.05, 3.63) is 47.8 Å². The zero-order valence-electron chi connectivity index (χ0n) is 15.6. The number of hydrogen-bond acceptors (Lipinski definition) is 6. The lowest BCUT2D eigenvalue weighted by molar-refractivity contribution is 0.0398. The summed E-state index contributed by atoms with van der Waals surface area (Å²) in [5.41, 5.74) is 1.37. The normalized spacial score (nSPS) is 15.0. The molecular weight excluding hydrogens is 326 g/mol. The van der Waals surface area contributed by atoms with Crippen molar-refractivity contribution >= 4 is 11.6 Å². The Labute approximate surface area is 156 Å². The standard InChI is InChI=1S/C20H29N5O/c1-17-23-19(21-9-5-8-18-6-3-2-4-7-18)16-20(24-17)22-10-11-25-12-14-26-15-13-25/h2-4,6-7,16H,5,8-15H2,1H3,(H2,21,22,23,24). The minimum absolute atomic E-state index is 0.784. The highest BCUT2D eigenvalue weighted by molar-refractivity contribution is 5.47. The molecule has 0 saturated carbocycles. The van der Waals surface area contributed by atoms with Gasteiger partial charge in [0.05, 0.1) is 13.2 Å². The van der Waals surface area contributed by atoms with Crippen LogP contribution in [0, 0.1) is 6.92 Å². The third kappa shape index (κ3) is 6.28. The Hall–Kier alpha value is -2.18. The highest BCUT2D eigenvalue weighted by Crippen LogP contribution is 2.11. The highest BCUT2D eigenvalue weighted by atomic mass is 16.5. The maximum absolute atomic E-state index is 5.38. The van der Waals surface area contributed by atoms with E-state index in [1.165, 1.54) is 5.56 Å². The largest absolute Gasteiger partial charge is 0.379 e. The number of morpholine rings is 1. The van der Waals surface area contributed by atoms with Gasteiger partial charge >= 0.3 is 0 Å². The molecule has 2 aromatic rings. The second-order valence-corrected chi connectivity index (χ2v) is 6.58. The van der Waals surface area contributed by atoms with E-state index in [0.717, 1.165) is 76.2 Å². The van der Waals surface area contributed by atoms with Crippen LogP contribution in [-0.2, 0) is 11.2 Å². The molecule has 0 amide bonds. The molecule has 26 heavy (non-hydrogen) atoms. The molecule has 2 N–H and O–H groups in total. The van der Waals surface area contributed by atoms with Crippen LogP contribution in [0.2, 0.25) is 0 Å². The molecule has 1 aliphatic rings. The molecule has 3 rings (SSSR count). The molecule has 6 nitrogen and oxygen atoms in total. The summed E-state index contributed by atoms with van der Waals surface area (Å²) in [6, 6.07) is 12.6. The van der Waals surface area contributed by atoms with Crippen molar-refractivity contribution in [1.82, 2.24) is 14.9 Å². The van der Waals surface area contributed by atoms with Gasteiger partial charge in [-0.3, -0.25) is 4.90 Å². The second kappa shape index (κ2) is 10.1. The van der Waals surface area contributed by atoms with Gasteiger partial charge in [0, 0.05) is 38.8 Å². The zero-order chi connectivity index (χ0) is 18.0. The number of aryl methyl sites for hydroxylation is 2. The molecule has 1 fully saturated rings. The maximum Gasteiger partial charge on any atom is 0.131 e. The first-order valence-corrected chi connectivity index (χ1v) is 9.47. The molecule has 0 aliphatic carbocycles. The zero-order valence-corrected chi connectivity index (χ0v) is 15.6. The molecule has 1 saturated heterocycles. The average Bonchev–Trinajstić information content (AvgIpc) is 2.67. The van der Waals surface area contributed by atoms with Crippen LogP contribution in [0.1, 0.15) is 17.8 Å². The molecule has 1 aliphatic heterocycles. The van der Waals surface area contributed by atoms with Gasteiger partial charge in [-0.15, -0.1) is 0 Å². The Morgan fingerprint density at radius 1 is 1.00 bits per heavy atom. The summed E-state index contributed by atoms with van der Waals surface area (Å²) in [6.07, 6.45) is 2.15. The summed E-state index contributed by atoms with van der Waals surface area (Å²) in [5.74, 6) is 2.56. The van der Waals surface area contributed by atoms with Crippen molar-refractivity contribution in [3.63, 3.8) is 0 Å². The fourth-order valence-electron chi connectivity index (χ4n) is 3.07. The van der Waals surface area contributed by atoms with E-state index in [4.69, 9.17) is 4.74 Å². The van der Waals surface area contributed by atoms with E-state index in [9.17, 15) is 0 Å². The Kier molecular flexibility index (Phi) is 7.22. The second-order valence-electron chi connectivity index (χ2n) is 6.58. The van der Waals surface area contributed by atoms with E-state index in [2.05, 4.69) is 55.8 Å². The minimum Gasteiger partial charge on any atom is -0.379 e. The van der Waals surface area contributed by atoms with Gasteiger partial charge in [-0.2, -0.15) is 0 Å². The van der Waals surface area contributed by atoms with E-state index in [0.29, 0.717) is 0 Å². The molecule has 0 unspecified atom stereocenters. The first-order valence-electron chi connectivity index (χ1n) is 9.47. The summed E-state index contributed by atoms with van der Waals surface area (Å²) in [7, 11) is 0. The lowest BCUT2D eigenvalue weighted by Crippen LogP contribution is -2.39. The summed E-state index contributed by atoms with van der Waals surface area (Å²) >= 11 is 0. The van der Waals surface area contributed by atoms with Crippen LogP contribution in [-0.4, -0.2) is 60.8 Å². The van der Waals surface area contributed by atoms with Gasteiger partial charge in [0.2, 0.25) is 0 Å². The van der Waals surface area contributed by atoms with Crippen LogP contribution in [0.4, 0.5) is 11.6 Å². The lowest BCUT2D eigenvalue weighted by Gasteiger charge is -2.26. The van der Waals surface area contributed by atoms with Gasteiger partial charge in [-0.1, -0.05) is 30.3 Å². The molecule has 140 valence electrons. The topological polar surface area (TPSA) is 62.3 Å². The lowest BCUT2D eigenvalue weighted by atomic mass is 10.1. The molecule has 1 aromatic carbocycles. The number of anilines is 2. The van der Waals surface area contributed by atoms with Crippen LogP contribution in [0.25, 0.3) is 0 Å². The van der Waals surface area contributed by atoms with Crippen molar-refractivity contribution in [2.24, 2.45) is 0 Å². The molecule has 1 aromatic heterocycles. The molecule has 0 radical (unpaired) electrons. The number of nitrogens with one attached hydrogen (secondary N) is 2. The van der Waals surface area contributed by atoms with Gasteiger partial charge in [0.25, 0.3) is 0 Å². The highest BCUT2D eigenvalue weighted by Gasteiger charge is 2.09. The van der Waals surface area contributed by atoms with Crippen LogP contribution < -0.4 is 10.6 Å². The quantitative estimate of drug-likeness (QED) is 0.674. The van der Waals surface area contributed by atoms with Gasteiger partial charge in [-0.25, -0.2) is 9.97 Å². The molecule has 6 heteroatoms. The fraction of sp³-hybridized carbons (Fsp3) is 0.500. The molecule has 2 heterocycles. The summed E-state index contributed by atoms with van der Waals surface area (Å²) in [4.78, 5) is 11.4. The fourth-order valence-corrected chi connectivity index (χ4v) is 3.07. The predicted molar refractivity (Wildman–Crippen MR) is 106 cm³/mol. The summed E-state index contributed by atoms with van der Waals surface area (Å²) in [5, 5.41) is 6.83. The van der Waals surface area contributed by atoms with Crippen molar-refractivity contribution in [1.29, 1.82) is 0 Å². The van der Waals surface area contributed by atoms with Crippen molar-refractivity contribution in [2.75, 3.05) is 56.6 Å². The molecular formula is C20H29N5O. The number of aromatic nitrogens is 2. The van der Waals surface area contributed by atoms with Gasteiger partial charge < -0.3 is 15.4 Å². The van der Waals surface area contributed by atoms with Gasteiger partial charge in [-0.05, 0) is 25.3 Å². The molecule has 0 bridgehead atoms. The predicted octanol–water partition coefficient (Wildman–Crippen LogP) is 2.57. The first-order chi connectivity index (χ1) is 12.8. The molecule has 0 atom stereocenters. The van der Waals surface area contributed by atoms with Crippen LogP contribution in [0.5, 0.6) is 0 Å². The van der Waals surface area contributed by atoms with E-state index >= 15 is 0 Å². The van der Waals surface area contributed by atoms with E-state index in [-0.39, 0.29) is 0 Å². The van der Waals surface area contributed by atoms with Crippen LogP contribution >= 0.6 is 0 Å². The van der Waals surface area contributed by atoms with Gasteiger partial charge in [0.15, 0.2) is 0 Å². The Balaban J connectivity index is 1.41. The van der Waals surface area contributed by atoms with Crippen LogP contribution in [0.3, 0.4) is 0 Å². The average molecular weight is 355 g/mol. The number of hydrogen-bond donors (Lipinski definition) is 2. The SMILES string of the molecule is Cc1nc(NCCCc2ccccc2)cc(NCCN2CCOCC2)n1. The summed E-state index contributed by atoms with van der Waals surface area (Å²) in [6.45, 7) is 8.42. The van der Waals surface area contributed by atoms with Crippen molar-refractivity contribution in [2.45, 2.75) is 19.8 Å². The Bertz CT molecular complexity index is 659. The number of rotatable bonds is 9. The summed E-state index contributed by atoms with van der Waals surface area (Å²) < 4.78 is 5.38. The van der Waals surface area contributed by atoms with Gasteiger partial charge in [0.1, 0.15) is 17.5 Å². The third-order valence-electron chi connectivity index (χ3n) is 4.47.